The average molecular weight is 319 g/mol. The van der Waals surface area contributed by atoms with Crippen LogP contribution in [0.4, 0.5) is 0 Å². The lowest BCUT2D eigenvalue weighted by atomic mass is 9.92. The summed E-state index contributed by atoms with van der Waals surface area (Å²) in [4.78, 5) is 9.27. The molecule has 0 atom stereocenters. The molecule has 1 N–H and O–H groups in total. The molecular weight excluding hydrogens is 298 g/mol. The maximum absolute atomic E-state index is 11.4. The minimum atomic E-state index is -3.00. The average Bonchev–Trinajstić information content (AvgIpc) is 2.52. The van der Waals surface area contributed by atoms with Crippen LogP contribution in [-0.2, 0) is 16.3 Å². The summed E-state index contributed by atoms with van der Waals surface area (Å²) < 4.78 is 22.8. The smallest absolute Gasteiger partial charge is 0.147 e. The Morgan fingerprint density at radius 3 is 2.64 bits per heavy atom. The molecule has 0 amide bonds. The van der Waals surface area contributed by atoms with Gasteiger partial charge in [0.25, 0.3) is 0 Å². The van der Waals surface area contributed by atoms with E-state index in [-0.39, 0.29) is 5.75 Å². The first-order chi connectivity index (χ1) is 10.5. The van der Waals surface area contributed by atoms with Gasteiger partial charge in [-0.3, -0.25) is 0 Å². The zero-order valence-electron chi connectivity index (χ0n) is 12.7. The van der Waals surface area contributed by atoms with Crippen LogP contribution in [-0.4, -0.2) is 43.5 Å². The Hall–Kier alpha value is -1.53. The largest absolute Gasteiger partial charge is 0.317 e. The molecule has 0 radical (unpaired) electrons. The monoisotopic (exact) mass is 319 g/mol. The third-order valence-corrected chi connectivity index (χ3v) is 5.05. The SMILES string of the molecule is CS(=O)(=O)CCc1nc(C2CCNCC2)c2ccccc2n1. The maximum Gasteiger partial charge on any atom is 0.147 e. The lowest BCUT2D eigenvalue weighted by Crippen LogP contribution is -2.27. The lowest BCUT2D eigenvalue weighted by molar-refractivity contribution is 0.454. The molecule has 0 aliphatic carbocycles. The molecule has 0 spiro atoms. The topological polar surface area (TPSA) is 72.0 Å². The van der Waals surface area contributed by atoms with E-state index in [9.17, 15) is 8.42 Å². The van der Waals surface area contributed by atoms with Crippen molar-refractivity contribution in [1.29, 1.82) is 0 Å². The van der Waals surface area contributed by atoms with Crippen LogP contribution < -0.4 is 5.32 Å². The molecule has 1 aromatic carbocycles. The minimum absolute atomic E-state index is 0.0942. The second kappa shape index (κ2) is 6.30. The third-order valence-electron chi connectivity index (χ3n) is 4.10. The maximum atomic E-state index is 11.4. The molecule has 1 aliphatic heterocycles. The Balaban J connectivity index is 2.00. The summed E-state index contributed by atoms with van der Waals surface area (Å²) in [6.07, 6.45) is 3.75. The van der Waals surface area contributed by atoms with Crippen LogP contribution in [0, 0.1) is 0 Å². The fourth-order valence-electron chi connectivity index (χ4n) is 2.95. The van der Waals surface area contributed by atoms with Gasteiger partial charge >= 0.3 is 0 Å². The van der Waals surface area contributed by atoms with E-state index in [0.29, 0.717) is 18.2 Å². The van der Waals surface area contributed by atoms with Crippen LogP contribution in [0.25, 0.3) is 10.9 Å². The molecule has 1 saturated heterocycles. The highest BCUT2D eigenvalue weighted by Crippen LogP contribution is 2.29. The first-order valence-electron chi connectivity index (χ1n) is 7.67. The van der Waals surface area contributed by atoms with Gasteiger partial charge in [0.15, 0.2) is 0 Å². The molecule has 118 valence electrons. The van der Waals surface area contributed by atoms with Crippen molar-refractivity contribution in [3.05, 3.63) is 35.8 Å². The number of rotatable bonds is 4. The standard InChI is InChI=1S/C16H21N3O2S/c1-22(20,21)11-8-15-18-14-5-3-2-4-13(14)16(19-15)12-6-9-17-10-7-12/h2-5,12,17H,6-11H2,1H3. The Morgan fingerprint density at radius 1 is 1.18 bits per heavy atom. The van der Waals surface area contributed by atoms with Crippen LogP contribution in [0.15, 0.2) is 24.3 Å². The van der Waals surface area contributed by atoms with Gasteiger partial charge in [0, 0.05) is 24.0 Å². The van der Waals surface area contributed by atoms with Gasteiger partial charge in [0.05, 0.1) is 17.0 Å². The van der Waals surface area contributed by atoms with E-state index in [0.717, 1.165) is 42.5 Å². The minimum Gasteiger partial charge on any atom is -0.317 e. The van der Waals surface area contributed by atoms with E-state index < -0.39 is 9.84 Å². The number of aryl methyl sites for hydroxylation is 1. The quantitative estimate of drug-likeness (QED) is 0.928. The number of nitrogens with one attached hydrogen (secondary N) is 1. The number of fused-ring (bicyclic) bond motifs is 1. The van der Waals surface area contributed by atoms with E-state index in [4.69, 9.17) is 4.98 Å². The fourth-order valence-corrected chi connectivity index (χ4v) is 3.50. The molecule has 22 heavy (non-hydrogen) atoms. The van der Waals surface area contributed by atoms with Crippen LogP contribution >= 0.6 is 0 Å². The zero-order chi connectivity index (χ0) is 15.6. The van der Waals surface area contributed by atoms with Crippen LogP contribution in [0.2, 0.25) is 0 Å². The van der Waals surface area contributed by atoms with E-state index in [1.807, 2.05) is 18.2 Å². The molecule has 1 fully saturated rings. The molecule has 1 aromatic heterocycles. The molecule has 6 heteroatoms. The van der Waals surface area contributed by atoms with Crippen molar-refractivity contribution < 1.29 is 8.42 Å². The van der Waals surface area contributed by atoms with Crippen molar-refractivity contribution in [1.82, 2.24) is 15.3 Å². The highest BCUT2D eigenvalue weighted by atomic mass is 32.2. The number of piperidine rings is 1. The van der Waals surface area contributed by atoms with Gasteiger partial charge in [-0.05, 0) is 32.0 Å². The van der Waals surface area contributed by atoms with Crippen molar-refractivity contribution in [2.24, 2.45) is 0 Å². The zero-order valence-corrected chi connectivity index (χ0v) is 13.6. The molecule has 2 aromatic rings. The predicted molar refractivity (Wildman–Crippen MR) is 87.8 cm³/mol. The first-order valence-corrected chi connectivity index (χ1v) is 9.73. The Kier molecular flexibility index (Phi) is 4.40. The Morgan fingerprint density at radius 2 is 1.91 bits per heavy atom. The summed E-state index contributed by atoms with van der Waals surface area (Å²) in [6.45, 7) is 2.00. The molecule has 5 nitrogen and oxygen atoms in total. The van der Waals surface area contributed by atoms with E-state index >= 15 is 0 Å². The summed E-state index contributed by atoms with van der Waals surface area (Å²) >= 11 is 0. The normalized spacial score (nSPS) is 17.0. The molecule has 0 bridgehead atoms. The van der Waals surface area contributed by atoms with Gasteiger partial charge in [-0.25, -0.2) is 18.4 Å². The van der Waals surface area contributed by atoms with Gasteiger partial charge in [0.1, 0.15) is 15.7 Å². The number of benzene rings is 1. The summed E-state index contributed by atoms with van der Waals surface area (Å²) in [5.74, 6) is 1.15. The third kappa shape index (κ3) is 3.62. The van der Waals surface area contributed by atoms with Gasteiger partial charge in [0.2, 0.25) is 0 Å². The van der Waals surface area contributed by atoms with Crippen LogP contribution in [0.5, 0.6) is 0 Å². The van der Waals surface area contributed by atoms with Crippen molar-refractivity contribution in [3.63, 3.8) is 0 Å². The Bertz CT molecular complexity index is 768. The Labute approximate surface area is 131 Å². The van der Waals surface area contributed by atoms with Gasteiger partial charge in [-0.1, -0.05) is 18.2 Å². The number of hydrogen-bond acceptors (Lipinski definition) is 5. The lowest BCUT2D eigenvalue weighted by Gasteiger charge is -2.23. The van der Waals surface area contributed by atoms with Crippen LogP contribution in [0.3, 0.4) is 0 Å². The van der Waals surface area contributed by atoms with Crippen molar-refractivity contribution in [3.8, 4) is 0 Å². The number of aromatic nitrogens is 2. The fraction of sp³-hybridized carbons (Fsp3) is 0.500. The number of hydrogen-bond donors (Lipinski definition) is 1. The van der Waals surface area contributed by atoms with Gasteiger partial charge in [-0.15, -0.1) is 0 Å². The summed E-state index contributed by atoms with van der Waals surface area (Å²) in [6, 6.07) is 8.01. The number of sulfone groups is 1. The van der Waals surface area contributed by atoms with Crippen molar-refractivity contribution >= 4 is 20.7 Å². The van der Waals surface area contributed by atoms with E-state index in [1.54, 1.807) is 0 Å². The predicted octanol–water partition coefficient (Wildman–Crippen LogP) is 1.68. The molecular formula is C16H21N3O2S. The van der Waals surface area contributed by atoms with E-state index in [2.05, 4.69) is 16.4 Å². The van der Waals surface area contributed by atoms with Crippen molar-refractivity contribution in [2.75, 3.05) is 25.1 Å². The second-order valence-corrected chi connectivity index (χ2v) is 8.21. The highest BCUT2D eigenvalue weighted by molar-refractivity contribution is 7.90. The van der Waals surface area contributed by atoms with Crippen LogP contribution in [0.1, 0.15) is 30.3 Å². The molecule has 1 aliphatic rings. The molecule has 2 heterocycles. The summed E-state index contributed by atoms with van der Waals surface area (Å²) in [7, 11) is -3.00. The first kappa shape index (κ1) is 15.4. The molecule has 0 unspecified atom stereocenters. The van der Waals surface area contributed by atoms with Crippen molar-refractivity contribution in [2.45, 2.75) is 25.2 Å². The van der Waals surface area contributed by atoms with Gasteiger partial charge < -0.3 is 5.32 Å². The molecule has 0 saturated carbocycles. The summed E-state index contributed by atoms with van der Waals surface area (Å²) in [5, 5.41) is 4.46. The number of nitrogens with zero attached hydrogens (tertiary/aromatic N) is 2. The summed E-state index contributed by atoms with van der Waals surface area (Å²) in [5.41, 5.74) is 1.99. The highest BCUT2D eigenvalue weighted by Gasteiger charge is 2.20. The number of para-hydroxylation sites is 1. The second-order valence-electron chi connectivity index (χ2n) is 5.95. The molecule has 3 rings (SSSR count). The van der Waals surface area contributed by atoms with Gasteiger partial charge in [-0.2, -0.15) is 0 Å². The van der Waals surface area contributed by atoms with E-state index in [1.165, 1.54) is 6.26 Å².